The maximum absolute atomic E-state index is 12.4. The van der Waals surface area contributed by atoms with Crippen molar-refractivity contribution in [2.24, 2.45) is 4.99 Å². The zero-order chi connectivity index (χ0) is 24.1. The number of aryl methyl sites for hydroxylation is 1. The molecule has 0 spiro atoms. The van der Waals surface area contributed by atoms with Gasteiger partial charge in [-0.05, 0) is 66.8 Å². The Morgan fingerprint density at radius 2 is 1.68 bits per heavy atom. The molecule has 1 heterocycles. The Balaban J connectivity index is 1.53. The average molecular weight is 456 g/mol. The highest BCUT2D eigenvalue weighted by atomic mass is 16.6. The van der Waals surface area contributed by atoms with E-state index in [2.05, 4.69) is 37.9 Å². The summed E-state index contributed by atoms with van der Waals surface area (Å²) in [4.78, 5) is 16.9. The number of ether oxygens (including phenoxy) is 3. The Hall–Kier alpha value is -3.86. The van der Waals surface area contributed by atoms with Gasteiger partial charge in [0.05, 0.1) is 6.61 Å². The van der Waals surface area contributed by atoms with Gasteiger partial charge in [-0.1, -0.05) is 61.9 Å². The molecule has 4 rings (SSSR count). The Morgan fingerprint density at radius 1 is 0.941 bits per heavy atom. The smallest absolute Gasteiger partial charge is 0.363 e. The van der Waals surface area contributed by atoms with Crippen LogP contribution in [0.5, 0.6) is 11.5 Å². The fourth-order valence-electron chi connectivity index (χ4n) is 3.55. The van der Waals surface area contributed by atoms with Crippen molar-refractivity contribution in [3.63, 3.8) is 0 Å². The van der Waals surface area contributed by atoms with Gasteiger partial charge in [-0.3, -0.25) is 0 Å². The summed E-state index contributed by atoms with van der Waals surface area (Å²) in [5.41, 5.74) is 5.31. The van der Waals surface area contributed by atoms with Crippen molar-refractivity contribution in [3.05, 3.63) is 100 Å². The summed E-state index contributed by atoms with van der Waals surface area (Å²) in [7, 11) is 0. The van der Waals surface area contributed by atoms with Gasteiger partial charge < -0.3 is 14.2 Å². The summed E-state index contributed by atoms with van der Waals surface area (Å²) in [5, 5.41) is 0. The average Bonchev–Trinajstić information content (AvgIpc) is 3.20. The molecule has 0 N–H and O–H groups in total. The molecule has 0 amide bonds. The molecule has 0 radical (unpaired) electrons. The van der Waals surface area contributed by atoms with E-state index in [-0.39, 0.29) is 5.70 Å². The van der Waals surface area contributed by atoms with Crippen molar-refractivity contribution in [1.29, 1.82) is 0 Å². The van der Waals surface area contributed by atoms with Gasteiger partial charge in [-0.2, -0.15) is 0 Å². The SMILES string of the molecule is CCOc1cc(/C=C2\N=C(c3ccc(C(C)C)cc3)OC2=O)ccc1OCc1ccc(C)cc1. The minimum atomic E-state index is -0.472. The summed E-state index contributed by atoms with van der Waals surface area (Å²) in [6.45, 7) is 9.19. The quantitative estimate of drug-likeness (QED) is 0.290. The van der Waals surface area contributed by atoms with E-state index in [0.29, 0.717) is 36.5 Å². The van der Waals surface area contributed by atoms with Crippen LogP contribution in [0, 0.1) is 6.92 Å². The van der Waals surface area contributed by atoms with Crippen LogP contribution in [-0.2, 0) is 16.1 Å². The predicted molar refractivity (Wildman–Crippen MR) is 134 cm³/mol. The number of rotatable bonds is 8. The summed E-state index contributed by atoms with van der Waals surface area (Å²) >= 11 is 0. The minimum Gasteiger partial charge on any atom is -0.490 e. The first-order valence-corrected chi connectivity index (χ1v) is 11.5. The first-order chi connectivity index (χ1) is 16.4. The lowest BCUT2D eigenvalue weighted by atomic mass is 10.0. The van der Waals surface area contributed by atoms with Crippen LogP contribution in [0.3, 0.4) is 0 Å². The van der Waals surface area contributed by atoms with Crippen LogP contribution < -0.4 is 9.47 Å². The number of esters is 1. The van der Waals surface area contributed by atoms with Gasteiger partial charge in [0.25, 0.3) is 0 Å². The second-order valence-corrected chi connectivity index (χ2v) is 8.53. The van der Waals surface area contributed by atoms with Crippen molar-refractivity contribution in [2.45, 2.75) is 40.2 Å². The van der Waals surface area contributed by atoms with Crippen molar-refractivity contribution < 1.29 is 19.0 Å². The molecule has 0 saturated heterocycles. The van der Waals surface area contributed by atoms with Crippen LogP contribution in [0.1, 0.15) is 54.5 Å². The molecule has 5 heteroatoms. The maximum atomic E-state index is 12.4. The third-order valence-corrected chi connectivity index (χ3v) is 5.53. The van der Waals surface area contributed by atoms with Crippen LogP contribution in [0.25, 0.3) is 6.08 Å². The zero-order valence-electron chi connectivity index (χ0n) is 20.0. The molecule has 0 aliphatic carbocycles. The van der Waals surface area contributed by atoms with Crippen molar-refractivity contribution in [3.8, 4) is 11.5 Å². The molecule has 0 bridgehead atoms. The van der Waals surface area contributed by atoms with Crippen molar-refractivity contribution >= 4 is 17.9 Å². The van der Waals surface area contributed by atoms with E-state index in [9.17, 15) is 4.79 Å². The molecule has 1 aliphatic heterocycles. The van der Waals surface area contributed by atoms with E-state index in [4.69, 9.17) is 14.2 Å². The highest BCUT2D eigenvalue weighted by Gasteiger charge is 2.24. The van der Waals surface area contributed by atoms with Crippen LogP contribution in [0.15, 0.2) is 77.4 Å². The van der Waals surface area contributed by atoms with E-state index in [0.717, 1.165) is 16.7 Å². The van der Waals surface area contributed by atoms with Gasteiger partial charge in [-0.15, -0.1) is 0 Å². The fourth-order valence-corrected chi connectivity index (χ4v) is 3.55. The number of carbonyl (C=O) groups excluding carboxylic acids is 1. The van der Waals surface area contributed by atoms with Crippen LogP contribution in [-0.4, -0.2) is 18.5 Å². The van der Waals surface area contributed by atoms with E-state index < -0.39 is 5.97 Å². The van der Waals surface area contributed by atoms with Crippen LogP contribution in [0.4, 0.5) is 0 Å². The third-order valence-electron chi connectivity index (χ3n) is 5.53. The molecule has 5 nitrogen and oxygen atoms in total. The third kappa shape index (κ3) is 5.54. The van der Waals surface area contributed by atoms with E-state index in [1.165, 1.54) is 11.1 Å². The summed E-state index contributed by atoms with van der Waals surface area (Å²) in [5.74, 6) is 1.54. The monoisotopic (exact) mass is 455 g/mol. The molecular weight excluding hydrogens is 426 g/mol. The lowest BCUT2D eigenvalue weighted by Crippen LogP contribution is -2.05. The largest absolute Gasteiger partial charge is 0.490 e. The highest BCUT2D eigenvalue weighted by Crippen LogP contribution is 2.31. The van der Waals surface area contributed by atoms with Gasteiger partial charge in [0.15, 0.2) is 17.2 Å². The lowest BCUT2D eigenvalue weighted by Gasteiger charge is -2.13. The van der Waals surface area contributed by atoms with Gasteiger partial charge in [-0.25, -0.2) is 9.79 Å². The first kappa shape index (κ1) is 23.3. The van der Waals surface area contributed by atoms with E-state index >= 15 is 0 Å². The number of carbonyl (C=O) groups is 1. The Labute approximate surface area is 200 Å². The Bertz CT molecular complexity index is 1220. The number of hydrogen-bond donors (Lipinski definition) is 0. The molecule has 0 unspecified atom stereocenters. The molecule has 0 saturated carbocycles. The molecule has 0 fully saturated rings. The first-order valence-electron chi connectivity index (χ1n) is 11.5. The summed E-state index contributed by atoms with van der Waals surface area (Å²) in [6.07, 6.45) is 1.70. The highest BCUT2D eigenvalue weighted by molar-refractivity contribution is 6.12. The van der Waals surface area contributed by atoms with Gasteiger partial charge >= 0.3 is 5.97 Å². The Kier molecular flexibility index (Phi) is 7.12. The molecular formula is C29H29NO4. The number of cyclic esters (lactones) is 1. The van der Waals surface area contributed by atoms with Crippen LogP contribution >= 0.6 is 0 Å². The fraction of sp³-hybridized carbons (Fsp3) is 0.241. The zero-order valence-corrected chi connectivity index (χ0v) is 20.0. The molecule has 3 aromatic rings. The van der Waals surface area contributed by atoms with Crippen LogP contribution in [0.2, 0.25) is 0 Å². The minimum absolute atomic E-state index is 0.249. The molecule has 34 heavy (non-hydrogen) atoms. The molecule has 174 valence electrons. The standard InChI is InChI=1S/C29H29NO4/c1-5-32-27-17-22(10-15-26(27)33-18-21-8-6-20(4)7-9-21)16-25-29(31)34-28(30-25)24-13-11-23(12-14-24)19(2)3/h6-17,19H,5,18H2,1-4H3/b25-16-. The van der Waals surface area contributed by atoms with E-state index in [1.54, 1.807) is 6.08 Å². The van der Waals surface area contributed by atoms with Gasteiger partial charge in [0.2, 0.25) is 5.90 Å². The molecule has 1 aliphatic rings. The lowest BCUT2D eigenvalue weighted by molar-refractivity contribution is -0.129. The Morgan fingerprint density at radius 3 is 2.35 bits per heavy atom. The topological polar surface area (TPSA) is 57.1 Å². The normalized spacial score (nSPS) is 14.3. The second-order valence-electron chi connectivity index (χ2n) is 8.53. The number of hydrogen-bond acceptors (Lipinski definition) is 5. The van der Waals surface area contributed by atoms with Gasteiger partial charge in [0.1, 0.15) is 6.61 Å². The van der Waals surface area contributed by atoms with Crippen molar-refractivity contribution in [1.82, 2.24) is 0 Å². The van der Waals surface area contributed by atoms with Gasteiger partial charge in [0, 0.05) is 5.56 Å². The molecule has 0 atom stereocenters. The van der Waals surface area contributed by atoms with Crippen molar-refractivity contribution in [2.75, 3.05) is 6.61 Å². The number of nitrogens with zero attached hydrogens (tertiary/aromatic N) is 1. The summed E-state index contributed by atoms with van der Waals surface area (Å²) in [6, 6.07) is 21.7. The molecule has 0 aromatic heterocycles. The second kappa shape index (κ2) is 10.4. The summed E-state index contributed by atoms with van der Waals surface area (Å²) < 4.78 is 17.2. The van der Waals surface area contributed by atoms with E-state index in [1.807, 2.05) is 61.5 Å². The maximum Gasteiger partial charge on any atom is 0.363 e. The number of benzene rings is 3. The number of aliphatic imine (C=N–C) groups is 1. The predicted octanol–water partition coefficient (Wildman–Crippen LogP) is 6.44. The molecule has 3 aromatic carbocycles.